The molecule has 2 spiro atoms. The van der Waals surface area contributed by atoms with E-state index in [0.29, 0.717) is 11.3 Å². The van der Waals surface area contributed by atoms with Crippen LogP contribution in [0, 0.1) is 28.6 Å². The molecule has 1 aromatic heterocycles. The third-order valence-electron chi connectivity index (χ3n) is 7.82. The van der Waals surface area contributed by atoms with Gasteiger partial charge in [-0.1, -0.05) is 19.9 Å². The Bertz CT molecular complexity index is 1160. The van der Waals surface area contributed by atoms with Crippen LogP contribution in [0.1, 0.15) is 49.1 Å². The molecule has 1 fully saturated rings. The SMILES string of the molecule is COC1[C@H](C)CC2(Cc3ccc(C#N)cc3[C@]23N=C(N)N(Cc2ccncn2)C3=O)C[C@@H]1C. The third kappa shape index (κ3) is 2.99. The first-order chi connectivity index (χ1) is 15.8. The van der Waals surface area contributed by atoms with Crippen molar-refractivity contribution in [1.82, 2.24) is 14.9 Å². The molecular formula is C25H28N6O2. The summed E-state index contributed by atoms with van der Waals surface area (Å²) in [6.45, 7) is 4.61. The number of nitriles is 1. The molecule has 1 aliphatic heterocycles. The molecule has 8 nitrogen and oxygen atoms in total. The second-order valence-electron chi connectivity index (χ2n) is 9.78. The summed E-state index contributed by atoms with van der Waals surface area (Å²) in [6.07, 6.45) is 5.53. The maximum atomic E-state index is 14.3. The highest BCUT2D eigenvalue weighted by molar-refractivity contribution is 6.08. The standard InChI is InChI=1S/C25H28N6O2/c1-15-9-24(10-16(2)21(15)33-3)11-18-5-4-17(12-26)8-20(18)25(24)22(32)31(23(27)30-25)13-19-6-7-28-14-29-19/h4-8,14-16,21H,9-11,13H2,1-3H3,(H2,27,30)/t15-,16+,21?,24?,25-/m1/s1. The molecule has 5 rings (SSSR count). The number of amides is 1. The van der Waals surface area contributed by atoms with Crippen molar-refractivity contribution in [2.24, 2.45) is 28.0 Å². The average Bonchev–Trinajstić information content (AvgIpc) is 3.20. The minimum absolute atomic E-state index is 0.126. The van der Waals surface area contributed by atoms with Crippen LogP contribution in [-0.4, -0.2) is 39.9 Å². The zero-order chi connectivity index (χ0) is 23.4. The topological polar surface area (TPSA) is 117 Å². The van der Waals surface area contributed by atoms with Crippen molar-refractivity contribution in [2.75, 3.05) is 7.11 Å². The minimum atomic E-state index is -1.15. The number of aliphatic imine (C=N–C) groups is 1. The van der Waals surface area contributed by atoms with E-state index in [2.05, 4.69) is 29.9 Å². The molecule has 5 atom stereocenters. The molecule has 1 saturated carbocycles. The zero-order valence-electron chi connectivity index (χ0n) is 19.2. The number of carbonyl (C=O) groups excluding carboxylic acids is 1. The number of rotatable bonds is 3. The van der Waals surface area contributed by atoms with Crippen LogP contribution in [0.25, 0.3) is 0 Å². The lowest BCUT2D eigenvalue weighted by Crippen LogP contribution is -2.55. The van der Waals surface area contributed by atoms with Crippen LogP contribution >= 0.6 is 0 Å². The van der Waals surface area contributed by atoms with Gasteiger partial charge in [-0.2, -0.15) is 5.26 Å². The molecule has 1 aromatic carbocycles. The fraction of sp³-hybridized carbons (Fsp3) is 0.480. The summed E-state index contributed by atoms with van der Waals surface area (Å²) < 4.78 is 5.82. The van der Waals surface area contributed by atoms with Crippen molar-refractivity contribution in [3.8, 4) is 6.07 Å². The first-order valence-corrected chi connectivity index (χ1v) is 11.3. The minimum Gasteiger partial charge on any atom is -0.381 e. The van der Waals surface area contributed by atoms with Crippen LogP contribution in [0.2, 0.25) is 0 Å². The maximum absolute atomic E-state index is 14.3. The van der Waals surface area contributed by atoms with Crippen molar-refractivity contribution in [3.05, 3.63) is 59.2 Å². The van der Waals surface area contributed by atoms with Gasteiger partial charge in [-0.3, -0.25) is 9.69 Å². The number of nitrogens with two attached hydrogens (primary N) is 1. The summed E-state index contributed by atoms with van der Waals surface area (Å²) in [6, 6.07) is 9.64. The molecule has 2 aromatic rings. The van der Waals surface area contributed by atoms with Gasteiger partial charge < -0.3 is 10.5 Å². The van der Waals surface area contributed by atoms with Crippen molar-refractivity contribution in [3.63, 3.8) is 0 Å². The van der Waals surface area contributed by atoms with E-state index in [9.17, 15) is 10.1 Å². The summed E-state index contributed by atoms with van der Waals surface area (Å²) in [5.74, 6) is 0.561. The number of hydrogen-bond donors (Lipinski definition) is 1. The van der Waals surface area contributed by atoms with Crippen LogP contribution in [0.15, 0.2) is 41.8 Å². The van der Waals surface area contributed by atoms with Crippen molar-refractivity contribution in [2.45, 2.75) is 51.3 Å². The number of methoxy groups -OCH3 is 1. The van der Waals surface area contributed by atoms with Gasteiger partial charge in [-0.25, -0.2) is 15.0 Å². The quantitative estimate of drug-likeness (QED) is 0.777. The number of nitrogens with zero attached hydrogens (tertiary/aromatic N) is 5. The first kappa shape index (κ1) is 21.5. The highest BCUT2D eigenvalue weighted by atomic mass is 16.5. The van der Waals surface area contributed by atoms with E-state index in [1.54, 1.807) is 19.4 Å². The van der Waals surface area contributed by atoms with E-state index >= 15 is 0 Å². The van der Waals surface area contributed by atoms with Crippen LogP contribution in [0.4, 0.5) is 0 Å². The summed E-state index contributed by atoms with van der Waals surface area (Å²) in [5.41, 5.74) is 7.95. The second-order valence-corrected chi connectivity index (χ2v) is 9.78. The fourth-order valence-electron chi connectivity index (χ4n) is 6.76. The average molecular weight is 445 g/mol. The van der Waals surface area contributed by atoms with E-state index in [-0.39, 0.29) is 36.4 Å². The number of hydrogen-bond acceptors (Lipinski definition) is 7. The lowest BCUT2D eigenvalue weighted by atomic mass is 9.56. The summed E-state index contributed by atoms with van der Waals surface area (Å²) in [5, 5.41) is 9.58. The molecule has 2 unspecified atom stereocenters. The van der Waals surface area contributed by atoms with Crippen molar-refractivity contribution in [1.29, 1.82) is 5.26 Å². The van der Waals surface area contributed by atoms with Gasteiger partial charge in [0.05, 0.1) is 30.0 Å². The Kier molecular flexibility index (Phi) is 4.98. The smallest absolute Gasteiger partial charge is 0.262 e. The Hall–Kier alpha value is -3.31. The van der Waals surface area contributed by atoms with Gasteiger partial charge in [0.1, 0.15) is 6.33 Å². The lowest BCUT2D eigenvalue weighted by molar-refractivity contribution is -0.142. The summed E-state index contributed by atoms with van der Waals surface area (Å²) in [7, 11) is 1.76. The number of ether oxygens (including phenoxy) is 1. The Morgan fingerprint density at radius 1 is 1.27 bits per heavy atom. The van der Waals surface area contributed by atoms with Gasteiger partial charge in [0.2, 0.25) is 0 Å². The number of aromatic nitrogens is 2. The van der Waals surface area contributed by atoms with Gasteiger partial charge in [0, 0.05) is 18.7 Å². The summed E-state index contributed by atoms with van der Waals surface area (Å²) in [4.78, 5) is 29.1. The number of benzene rings is 1. The molecule has 2 aliphatic carbocycles. The molecule has 33 heavy (non-hydrogen) atoms. The number of guanidine groups is 1. The summed E-state index contributed by atoms with van der Waals surface area (Å²) >= 11 is 0. The lowest BCUT2D eigenvalue weighted by Gasteiger charge is -2.50. The van der Waals surface area contributed by atoms with Crippen LogP contribution in [-0.2, 0) is 28.0 Å². The van der Waals surface area contributed by atoms with E-state index in [0.717, 1.165) is 30.4 Å². The van der Waals surface area contributed by atoms with Crippen LogP contribution in [0.5, 0.6) is 0 Å². The van der Waals surface area contributed by atoms with E-state index in [1.165, 1.54) is 11.2 Å². The highest BCUT2D eigenvalue weighted by Crippen LogP contribution is 2.63. The molecule has 170 valence electrons. The number of fused-ring (bicyclic) bond motifs is 3. The molecule has 0 radical (unpaired) electrons. The normalized spacial score (nSPS) is 32.8. The first-order valence-electron chi connectivity index (χ1n) is 11.3. The van der Waals surface area contributed by atoms with Gasteiger partial charge in [0.15, 0.2) is 11.5 Å². The van der Waals surface area contributed by atoms with Gasteiger partial charge >= 0.3 is 0 Å². The molecule has 3 aliphatic rings. The largest absolute Gasteiger partial charge is 0.381 e. The molecule has 0 bridgehead atoms. The molecular weight excluding hydrogens is 416 g/mol. The molecule has 8 heteroatoms. The Labute approximate surface area is 193 Å². The number of carbonyl (C=O) groups is 1. The van der Waals surface area contributed by atoms with E-state index < -0.39 is 11.0 Å². The zero-order valence-corrected chi connectivity index (χ0v) is 19.2. The highest BCUT2D eigenvalue weighted by Gasteiger charge is 2.68. The van der Waals surface area contributed by atoms with E-state index in [1.807, 2.05) is 18.2 Å². The Balaban J connectivity index is 1.65. The second kappa shape index (κ2) is 7.63. The van der Waals surface area contributed by atoms with Crippen LogP contribution < -0.4 is 5.73 Å². The van der Waals surface area contributed by atoms with E-state index in [4.69, 9.17) is 15.5 Å². The third-order valence-corrected chi connectivity index (χ3v) is 7.82. The van der Waals surface area contributed by atoms with Gasteiger partial charge in [0.25, 0.3) is 5.91 Å². The molecule has 1 amide bonds. The Morgan fingerprint density at radius 3 is 2.67 bits per heavy atom. The predicted octanol–water partition coefficient (Wildman–Crippen LogP) is 2.52. The van der Waals surface area contributed by atoms with Crippen LogP contribution in [0.3, 0.4) is 0 Å². The Morgan fingerprint density at radius 2 is 2.03 bits per heavy atom. The molecule has 2 N–H and O–H groups in total. The van der Waals surface area contributed by atoms with Crippen molar-refractivity contribution < 1.29 is 9.53 Å². The van der Waals surface area contributed by atoms with Gasteiger partial charge in [-0.15, -0.1) is 0 Å². The molecule has 2 heterocycles. The monoisotopic (exact) mass is 444 g/mol. The fourth-order valence-corrected chi connectivity index (χ4v) is 6.76. The van der Waals surface area contributed by atoms with Gasteiger partial charge in [-0.05, 0) is 60.4 Å². The predicted molar refractivity (Wildman–Crippen MR) is 122 cm³/mol. The van der Waals surface area contributed by atoms with Crippen molar-refractivity contribution >= 4 is 11.9 Å². The maximum Gasteiger partial charge on any atom is 0.262 e. The molecule has 0 saturated heterocycles.